The van der Waals surface area contributed by atoms with Crippen LogP contribution in [0.5, 0.6) is 0 Å². The zero-order valence-electron chi connectivity index (χ0n) is 6.28. The van der Waals surface area contributed by atoms with E-state index in [2.05, 4.69) is 0 Å². The first-order chi connectivity index (χ1) is 5.04. The predicted octanol–water partition coefficient (Wildman–Crippen LogP) is 0.0889. The summed E-state index contributed by atoms with van der Waals surface area (Å²) in [6, 6.07) is 0. The van der Waals surface area contributed by atoms with Crippen molar-refractivity contribution in [2.24, 2.45) is 0 Å². The molecule has 0 saturated heterocycles. The molecule has 0 atom stereocenters. The first-order valence-corrected chi connectivity index (χ1v) is 3.21. The van der Waals surface area contributed by atoms with Crippen molar-refractivity contribution in [2.45, 2.75) is 19.3 Å². The van der Waals surface area contributed by atoms with E-state index in [9.17, 15) is 9.59 Å². The van der Waals surface area contributed by atoms with Crippen molar-refractivity contribution < 1.29 is 19.9 Å². The molecule has 0 spiro atoms. The highest BCUT2D eigenvalue weighted by Gasteiger charge is 2.05. The van der Waals surface area contributed by atoms with Gasteiger partial charge < -0.3 is 5.11 Å². The van der Waals surface area contributed by atoms with Crippen molar-refractivity contribution in [1.29, 1.82) is 0 Å². The molecule has 0 aromatic carbocycles. The lowest BCUT2D eigenvalue weighted by Gasteiger charge is -2.06. The molecule has 0 unspecified atom stereocenters. The van der Waals surface area contributed by atoms with Gasteiger partial charge in [0.15, 0.2) is 0 Å². The molecular weight excluding hydrogens is 150 g/mol. The summed E-state index contributed by atoms with van der Waals surface area (Å²) >= 11 is 0. The smallest absolute Gasteiger partial charge is 0.303 e. The molecule has 0 saturated carbocycles. The molecule has 11 heavy (non-hydrogen) atoms. The molecule has 0 radical (unpaired) electrons. The summed E-state index contributed by atoms with van der Waals surface area (Å²) in [7, 11) is 1.21. The fourth-order valence-electron chi connectivity index (χ4n) is 0.553. The Balaban J connectivity index is 3.39. The van der Waals surface area contributed by atoms with E-state index in [-0.39, 0.29) is 19.3 Å². The van der Waals surface area contributed by atoms with Gasteiger partial charge in [-0.15, -0.1) is 0 Å². The third kappa shape index (κ3) is 5.35. The lowest BCUT2D eigenvalue weighted by atomic mass is 10.2. The van der Waals surface area contributed by atoms with Gasteiger partial charge in [-0.3, -0.25) is 14.8 Å². The minimum Gasteiger partial charge on any atom is -0.481 e. The average Bonchev–Trinajstić information content (AvgIpc) is 1.86. The molecule has 0 heterocycles. The second-order valence-electron chi connectivity index (χ2n) is 2.16. The molecule has 0 aromatic rings. The van der Waals surface area contributed by atoms with Gasteiger partial charge in [-0.25, -0.2) is 5.06 Å². The van der Waals surface area contributed by atoms with E-state index in [0.717, 1.165) is 0 Å². The molecule has 0 fully saturated rings. The van der Waals surface area contributed by atoms with Gasteiger partial charge in [-0.05, 0) is 6.42 Å². The number of hydrogen-bond donors (Lipinski definition) is 2. The van der Waals surface area contributed by atoms with Crippen LogP contribution in [0.2, 0.25) is 0 Å². The zero-order chi connectivity index (χ0) is 8.85. The van der Waals surface area contributed by atoms with Gasteiger partial charge >= 0.3 is 5.97 Å². The van der Waals surface area contributed by atoms with E-state index in [1.165, 1.54) is 7.05 Å². The van der Waals surface area contributed by atoms with E-state index in [0.29, 0.717) is 5.06 Å². The molecule has 0 rings (SSSR count). The normalized spacial score (nSPS) is 9.27. The third-order valence-corrected chi connectivity index (χ3v) is 1.14. The van der Waals surface area contributed by atoms with Crippen molar-refractivity contribution in [3.63, 3.8) is 0 Å². The minimum atomic E-state index is -0.932. The molecule has 0 aliphatic rings. The second kappa shape index (κ2) is 4.68. The quantitative estimate of drug-likeness (QED) is 0.452. The van der Waals surface area contributed by atoms with Gasteiger partial charge in [-0.1, -0.05) is 0 Å². The highest BCUT2D eigenvalue weighted by atomic mass is 16.5. The number of carbonyl (C=O) groups is 2. The Morgan fingerprint density at radius 2 is 1.91 bits per heavy atom. The highest BCUT2D eigenvalue weighted by Crippen LogP contribution is 1.97. The van der Waals surface area contributed by atoms with Crippen LogP contribution in [0.4, 0.5) is 0 Å². The van der Waals surface area contributed by atoms with Crippen LogP contribution in [-0.4, -0.2) is 34.3 Å². The molecule has 0 aromatic heterocycles. The Hall–Kier alpha value is -1.10. The number of hydroxylamine groups is 2. The number of carboxylic acids is 1. The van der Waals surface area contributed by atoms with Crippen molar-refractivity contribution in [3.05, 3.63) is 0 Å². The number of carboxylic acid groups (broad SMARTS) is 1. The van der Waals surface area contributed by atoms with Gasteiger partial charge in [0.2, 0.25) is 5.91 Å². The maximum absolute atomic E-state index is 10.6. The van der Waals surface area contributed by atoms with Crippen LogP contribution in [0.15, 0.2) is 0 Å². The van der Waals surface area contributed by atoms with Gasteiger partial charge in [0, 0.05) is 19.9 Å². The molecule has 1 amide bonds. The van der Waals surface area contributed by atoms with E-state index in [1.54, 1.807) is 0 Å². The van der Waals surface area contributed by atoms with E-state index in [1.807, 2.05) is 0 Å². The summed E-state index contributed by atoms with van der Waals surface area (Å²) in [4.78, 5) is 20.6. The van der Waals surface area contributed by atoms with Crippen molar-refractivity contribution in [3.8, 4) is 0 Å². The van der Waals surface area contributed by atoms with Crippen LogP contribution in [-0.2, 0) is 9.59 Å². The number of aliphatic carboxylic acids is 1. The molecular formula is C6H11NO4. The van der Waals surface area contributed by atoms with Gasteiger partial charge in [0.05, 0.1) is 0 Å². The van der Waals surface area contributed by atoms with Crippen LogP contribution >= 0.6 is 0 Å². The Kier molecular flexibility index (Phi) is 4.21. The zero-order valence-corrected chi connectivity index (χ0v) is 6.28. The summed E-state index contributed by atoms with van der Waals surface area (Å²) in [6.07, 6.45) is 0.290. The summed E-state index contributed by atoms with van der Waals surface area (Å²) in [5, 5.41) is 17.2. The fourth-order valence-corrected chi connectivity index (χ4v) is 0.553. The largest absolute Gasteiger partial charge is 0.481 e. The summed E-state index contributed by atoms with van der Waals surface area (Å²) < 4.78 is 0. The summed E-state index contributed by atoms with van der Waals surface area (Å²) in [5.41, 5.74) is 0. The SMILES string of the molecule is CN(O)C(=O)CCCC(=O)O. The Morgan fingerprint density at radius 3 is 2.27 bits per heavy atom. The topological polar surface area (TPSA) is 77.8 Å². The van der Waals surface area contributed by atoms with Crippen molar-refractivity contribution in [1.82, 2.24) is 5.06 Å². The van der Waals surface area contributed by atoms with Crippen LogP contribution < -0.4 is 0 Å². The molecule has 0 aliphatic heterocycles. The fraction of sp³-hybridized carbons (Fsp3) is 0.667. The molecule has 5 heteroatoms. The van der Waals surface area contributed by atoms with Crippen LogP contribution in [0.1, 0.15) is 19.3 Å². The number of rotatable bonds is 4. The highest BCUT2D eigenvalue weighted by molar-refractivity contribution is 5.75. The predicted molar refractivity (Wildman–Crippen MR) is 36.0 cm³/mol. The molecule has 0 aliphatic carbocycles. The standard InChI is InChI=1S/C6H11NO4/c1-7(11)5(8)3-2-4-6(9)10/h11H,2-4H2,1H3,(H,9,10). The first kappa shape index (κ1) is 9.90. The molecule has 2 N–H and O–H groups in total. The summed E-state index contributed by atoms with van der Waals surface area (Å²) in [6.45, 7) is 0. The van der Waals surface area contributed by atoms with Crippen LogP contribution in [0.25, 0.3) is 0 Å². The Morgan fingerprint density at radius 1 is 1.36 bits per heavy atom. The molecule has 5 nitrogen and oxygen atoms in total. The molecule has 0 bridgehead atoms. The number of amides is 1. The van der Waals surface area contributed by atoms with Crippen molar-refractivity contribution in [2.75, 3.05) is 7.05 Å². The van der Waals surface area contributed by atoms with Crippen molar-refractivity contribution >= 4 is 11.9 Å². The maximum Gasteiger partial charge on any atom is 0.303 e. The Labute approximate surface area is 64.2 Å². The van der Waals surface area contributed by atoms with Crippen LogP contribution in [0, 0.1) is 0 Å². The molecule has 64 valence electrons. The minimum absolute atomic E-state index is 0.0421. The first-order valence-electron chi connectivity index (χ1n) is 3.21. The summed E-state index contributed by atoms with van der Waals surface area (Å²) in [5.74, 6) is -1.40. The van der Waals surface area contributed by atoms with Gasteiger partial charge in [-0.2, -0.15) is 0 Å². The van der Waals surface area contributed by atoms with E-state index >= 15 is 0 Å². The van der Waals surface area contributed by atoms with Crippen LogP contribution in [0.3, 0.4) is 0 Å². The number of nitrogens with zero attached hydrogens (tertiary/aromatic N) is 1. The monoisotopic (exact) mass is 161 g/mol. The van der Waals surface area contributed by atoms with Gasteiger partial charge in [0.25, 0.3) is 0 Å². The maximum atomic E-state index is 10.6. The van der Waals surface area contributed by atoms with E-state index < -0.39 is 11.9 Å². The second-order valence-corrected chi connectivity index (χ2v) is 2.16. The van der Waals surface area contributed by atoms with E-state index in [4.69, 9.17) is 10.3 Å². The van der Waals surface area contributed by atoms with Gasteiger partial charge in [0.1, 0.15) is 0 Å². The lowest BCUT2D eigenvalue weighted by Crippen LogP contribution is -2.22. The number of carbonyl (C=O) groups excluding carboxylic acids is 1. The lowest BCUT2D eigenvalue weighted by molar-refractivity contribution is -0.159. The third-order valence-electron chi connectivity index (χ3n) is 1.14. The number of hydrogen-bond acceptors (Lipinski definition) is 3. The average molecular weight is 161 g/mol. The Bertz CT molecular complexity index is 155.